The Morgan fingerprint density at radius 1 is 1.35 bits per heavy atom. The van der Waals surface area contributed by atoms with E-state index in [2.05, 4.69) is 10.6 Å². The Kier molecular flexibility index (Phi) is 8.80. The van der Waals surface area contributed by atoms with E-state index in [-0.39, 0.29) is 36.7 Å². The van der Waals surface area contributed by atoms with E-state index >= 15 is 0 Å². The minimum atomic E-state index is -0.594. The van der Waals surface area contributed by atoms with Crippen molar-refractivity contribution in [1.29, 1.82) is 0 Å². The van der Waals surface area contributed by atoms with Gasteiger partial charge in [-0.1, -0.05) is 25.4 Å². The SMILES string of the molecule is CC(C)[C@H](N)C(=O)NCC(=O)NCc1ccc(Cl)s1.Cl. The Hall–Kier alpha value is -0.820. The average molecular weight is 340 g/mol. The van der Waals surface area contributed by atoms with Crippen LogP contribution in [-0.4, -0.2) is 24.4 Å². The van der Waals surface area contributed by atoms with Crippen molar-refractivity contribution in [1.82, 2.24) is 10.6 Å². The molecule has 0 aliphatic heterocycles. The fourth-order valence-corrected chi connectivity index (χ4v) is 2.31. The van der Waals surface area contributed by atoms with E-state index in [9.17, 15) is 9.59 Å². The van der Waals surface area contributed by atoms with Crippen LogP contribution in [0.1, 0.15) is 18.7 Å². The summed E-state index contributed by atoms with van der Waals surface area (Å²) in [4.78, 5) is 24.0. The quantitative estimate of drug-likeness (QED) is 0.734. The van der Waals surface area contributed by atoms with Gasteiger partial charge in [0.2, 0.25) is 11.8 Å². The summed E-state index contributed by atoms with van der Waals surface area (Å²) >= 11 is 7.18. The van der Waals surface area contributed by atoms with E-state index in [0.717, 1.165) is 4.88 Å². The Bertz CT molecular complexity index is 452. The van der Waals surface area contributed by atoms with Gasteiger partial charge in [-0.05, 0) is 18.1 Å². The van der Waals surface area contributed by atoms with Gasteiger partial charge in [0.25, 0.3) is 0 Å². The fourth-order valence-electron chi connectivity index (χ4n) is 1.28. The van der Waals surface area contributed by atoms with Crippen LogP contribution in [0.3, 0.4) is 0 Å². The number of carbonyl (C=O) groups excluding carboxylic acids is 2. The van der Waals surface area contributed by atoms with Crippen LogP contribution in [0.25, 0.3) is 0 Å². The van der Waals surface area contributed by atoms with Gasteiger partial charge in [-0.2, -0.15) is 0 Å². The monoisotopic (exact) mass is 339 g/mol. The molecule has 1 heterocycles. The Morgan fingerprint density at radius 2 is 2.00 bits per heavy atom. The second-order valence-electron chi connectivity index (χ2n) is 4.47. The van der Waals surface area contributed by atoms with Crippen LogP contribution >= 0.6 is 35.3 Å². The largest absolute Gasteiger partial charge is 0.350 e. The van der Waals surface area contributed by atoms with Gasteiger partial charge in [0.15, 0.2) is 0 Å². The first-order valence-electron chi connectivity index (χ1n) is 5.94. The molecule has 1 aromatic rings. The zero-order valence-electron chi connectivity index (χ0n) is 11.3. The van der Waals surface area contributed by atoms with E-state index in [1.54, 1.807) is 6.07 Å². The first-order valence-corrected chi connectivity index (χ1v) is 7.13. The number of carbonyl (C=O) groups is 2. The van der Waals surface area contributed by atoms with Gasteiger partial charge >= 0.3 is 0 Å². The third-order valence-electron chi connectivity index (χ3n) is 2.53. The summed E-state index contributed by atoms with van der Waals surface area (Å²) in [6.45, 7) is 4.04. The van der Waals surface area contributed by atoms with Gasteiger partial charge in [-0.25, -0.2) is 0 Å². The maximum atomic E-state index is 11.5. The first kappa shape index (κ1) is 19.2. The molecule has 0 aromatic carbocycles. The number of nitrogens with two attached hydrogens (primary N) is 1. The summed E-state index contributed by atoms with van der Waals surface area (Å²) < 4.78 is 0.681. The van der Waals surface area contributed by atoms with E-state index in [1.165, 1.54) is 11.3 Å². The second kappa shape index (κ2) is 9.18. The van der Waals surface area contributed by atoms with Crippen LogP contribution in [0.4, 0.5) is 0 Å². The number of amides is 2. The summed E-state index contributed by atoms with van der Waals surface area (Å²) in [5.74, 6) is -0.533. The van der Waals surface area contributed by atoms with Gasteiger partial charge in [-0.15, -0.1) is 23.7 Å². The summed E-state index contributed by atoms with van der Waals surface area (Å²) in [6, 6.07) is 3.03. The Morgan fingerprint density at radius 3 is 2.50 bits per heavy atom. The molecule has 1 atom stereocenters. The smallest absolute Gasteiger partial charge is 0.239 e. The van der Waals surface area contributed by atoms with Crippen molar-refractivity contribution in [3.05, 3.63) is 21.3 Å². The van der Waals surface area contributed by atoms with Gasteiger partial charge < -0.3 is 16.4 Å². The number of hydrogen-bond donors (Lipinski definition) is 3. The molecule has 0 saturated heterocycles. The Labute approximate surface area is 133 Å². The maximum absolute atomic E-state index is 11.5. The number of halogens is 2. The predicted molar refractivity (Wildman–Crippen MR) is 84.2 cm³/mol. The van der Waals surface area contributed by atoms with Crippen LogP contribution in [0, 0.1) is 5.92 Å². The van der Waals surface area contributed by atoms with E-state index in [0.29, 0.717) is 10.9 Å². The average Bonchev–Trinajstić information content (AvgIpc) is 2.78. The summed E-state index contributed by atoms with van der Waals surface area (Å²) in [7, 11) is 0. The number of thiophene rings is 1. The minimum absolute atomic E-state index is 0. The normalized spacial score (nSPS) is 11.7. The third kappa shape index (κ3) is 6.56. The van der Waals surface area contributed by atoms with Crippen molar-refractivity contribution in [2.24, 2.45) is 11.7 Å². The maximum Gasteiger partial charge on any atom is 0.239 e. The van der Waals surface area contributed by atoms with Crippen molar-refractivity contribution in [3.8, 4) is 0 Å². The van der Waals surface area contributed by atoms with Gasteiger partial charge in [-0.3, -0.25) is 9.59 Å². The molecule has 0 unspecified atom stereocenters. The van der Waals surface area contributed by atoms with Crippen LogP contribution in [0.15, 0.2) is 12.1 Å². The molecule has 0 saturated carbocycles. The first-order chi connectivity index (χ1) is 8.90. The fraction of sp³-hybridized carbons (Fsp3) is 0.500. The van der Waals surface area contributed by atoms with Gasteiger partial charge in [0, 0.05) is 4.88 Å². The molecule has 20 heavy (non-hydrogen) atoms. The highest BCUT2D eigenvalue weighted by Crippen LogP contribution is 2.20. The molecule has 0 spiro atoms. The highest BCUT2D eigenvalue weighted by molar-refractivity contribution is 7.16. The molecule has 1 rings (SSSR count). The predicted octanol–water partition coefficient (Wildman–Crippen LogP) is 1.54. The molecule has 0 radical (unpaired) electrons. The van der Waals surface area contributed by atoms with Gasteiger partial charge in [0.1, 0.15) is 0 Å². The molecular formula is C12H19Cl2N3O2S. The highest BCUT2D eigenvalue weighted by atomic mass is 35.5. The van der Waals surface area contributed by atoms with Crippen LogP contribution in [0.5, 0.6) is 0 Å². The molecule has 0 aliphatic rings. The zero-order chi connectivity index (χ0) is 14.4. The zero-order valence-corrected chi connectivity index (χ0v) is 13.7. The van der Waals surface area contributed by atoms with E-state index < -0.39 is 6.04 Å². The lowest BCUT2D eigenvalue weighted by molar-refractivity contribution is -0.127. The molecule has 5 nitrogen and oxygen atoms in total. The van der Waals surface area contributed by atoms with Crippen molar-refractivity contribution < 1.29 is 9.59 Å². The molecule has 8 heteroatoms. The number of hydrogen-bond acceptors (Lipinski definition) is 4. The lowest BCUT2D eigenvalue weighted by atomic mass is 10.1. The van der Waals surface area contributed by atoms with Crippen molar-refractivity contribution in [2.75, 3.05) is 6.54 Å². The molecule has 114 valence electrons. The molecular weight excluding hydrogens is 321 g/mol. The van der Waals surface area contributed by atoms with Crippen LogP contribution in [-0.2, 0) is 16.1 Å². The summed E-state index contributed by atoms with van der Waals surface area (Å²) in [5, 5.41) is 5.20. The Balaban J connectivity index is 0.00000361. The summed E-state index contributed by atoms with van der Waals surface area (Å²) in [6.07, 6.45) is 0. The topological polar surface area (TPSA) is 84.2 Å². The standard InChI is InChI=1S/C12H18ClN3O2S.ClH/c1-7(2)11(14)12(18)16-6-10(17)15-5-8-3-4-9(13)19-8;/h3-4,7,11H,5-6,14H2,1-2H3,(H,15,17)(H,16,18);1H/t11-;/m0./s1. The number of nitrogens with one attached hydrogen (secondary N) is 2. The molecule has 2 amide bonds. The van der Waals surface area contributed by atoms with Gasteiger partial charge in [0.05, 0.1) is 23.5 Å². The summed E-state index contributed by atoms with van der Waals surface area (Å²) in [5.41, 5.74) is 5.66. The van der Waals surface area contributed by atoms with E-state index in [1.807, 2.05) is 19.9 Å². The van der Waals surface area contributed by atoms with Crippen LogP contribution < -0.4 is 16.4 Å². The van der Waals surface area contributed by atoms with Crippen molar-refractivity contribution in [2.45, 2.75) is 26.4 Å². The molecule has 0 bridgehead atoms. The highest BCUT2D eigenvalue weighted by Gasteiger charge is 2.17. The van der Waals surface area contributed by atoms with Crippen molar-refractivity contribution >= 4 is 47.2 Å². The third-order valence-corrected chi connectivity index (χ3v) is 3.76. The molecule has 0 aliphatic carbocycles. The molecule has 1 aromatic heterocycles. The lowest BCUT2D eigenvalue weighted by Crippen LogP contribution is -2.47. The number of rotatable bonds is 6. The molecule has 4 N–H and O–H groups in total. The minimum Gasteiger partial charge on any atom is -0.350 e. The van der Waals surface area contributed by atoms with E-state index in [4.69, 9.17) is 17.3 Å². The molecule has 0 fully saturated rings. The van der Waals surface area contributed by atoms with Crippen molar-refractivity contribution in [3.63, 3.8) is 0 Å². The van der Waals surface area contributed by atoms with Crippen LogP contribution in [0.2, 0.25) is 4.34 Å². The second-order valence-corrected chi connectivity index (χ2v) is 6.27. The lowest BCUT2D eigenvalue weighted by Gasteiger charge is -2.15.